The summed E-state index contributed by atoms with van der Waals surface area (Å²) >= 11 is 0. The Morgan fingerprint density at radius 2 is 2.06 bits per heavy atom. The smallest absolute Gasteiger partial charge is 0.337 e. The molecule has 2 rings (SSSR count). The predicted octanol–water partition coefficient (Wildman–Crippen LogP) is 2.70. The monoisotopic (exact) mass is 242 g/mol. The summed E-state index contributed by atoms with van der Waals surface area (Å²) in [5, 5.41) is 12.2. The van der Waals surface area contributed by atoms with Gasteiger partial charge in [0.15, 0.2) is 0 Å². The Morgan fingerprint density at radius 3 is 2.72 bits per heavy atom. The largest absolute Gasteiger partial charge is 0.478 e. The lowest BCUT2D eigenvalue weighted by Gasteiger charge is -2.09. The molecule has 1 aromatic heterocycles. The third-order valence-electron chi connectivity index (χ3n) is 2.61. The van der Waals surface area contributed by atoms with Crippen LogP contribution >= 0.6 is 0 Å². The summed E-state index contributed by atoms with van der Waals surface area (Å²) in [5.74, 6) is -0.930. The van der Waals surface area contributed by atoms with Crippen LogP contribution in [-0.2, 0) is 6.54 Å². The summed E-state index contributed by atoms with van der Waals surface area (Å²) in [6, 6.07) is 10.8. The first-order chi connectivity index (χ1) is 8.66. The molecule has 0 spiro atoms. The van der Waals surface area contributed by atoms with Gasteiger partial charge in [0.1, 0.15) is 0 Å². The van der Waals surface area contributed by atoms with Gasteiger partial charge in [-0.05, 0) is 30.7 Å². The van der Waals surface area contributed by atoms with E-state index < -0.39 is 5.97 Å². The second-order valence-electron chi connectivity index (χ2n) is 4.01. The highest BCUT2D eigenvalue weighted by molar-refractivity contribution is 5.94. The molecule has 0 saturated carbocycles. The molecule has 18 heavy (non-hydrogen) atoms. The molecule has 4 heteroatoms. The number of aromatic carboxylic acids is 1. The zero-order chi connectivity index (χ0) is 13.0. The Balaban J connectivity index is 2.10. The van der Waals surface area contributed by atoms with Crippen LogP contribution in [-0.4, -0.2) is 16.1 Å². The molecule has 0 amide bonds. The predicted molar refractivity (Wildman–Crippen MR) is 69.7 cm³/mol. The van der Waals surface area contributed by atoms with Gasteiger partial charge >= 0.3 is 5.97 Å². The number of carbonyl (C=O) groups is 1. The molecule has 2 N–H and O–H groups in total. The molecule has 92 valence electrons. The summed E-state index contributed by atoms with van der Waals surface area (Å²) in [5.41, 5.74) is 2.87. The van der Waals surface area contributed by atoms with Gasteiger partial charge in [0.05, 0.1) is 5.56 Å². The van der Waals surface area contributed by atoms with E-state index in [-0.39, 0.29) is 5.56 Å². The summed E-state index contributed by atoms with van der Waals surface area (Å²) in [4.78, 5) is 15.2. The maximum atomic E-state index is 11.0. The number of benzene rings is 1. The van der Waals surface area contributed by atoms with Crippen LogP contribution in [0.2, 0.25) is 0 Å². The number of nitrogens with one attached hydrogen (secondary N) is 1. The number of hydrogen-bond acceptors (Lipinski definition) is 3. The first kappa shape index (κ1) is 12.1. The molecule has 2 aromatic rings. The number of aryl methyl sites for hydroxylation is 1. The third-order valence-corrected chi connectivity index (χ3v) is 2.61. The fourth-order valence-corrected chi connectivity index (χ4v) is 1.62. The van der Waals surface area contributed by atoms with Gasteiger partial charge < -0.3 is 10.4 Å². The van der Waals surface area contributed by atoms with E-state index in [1.165, 1.54) is 0 Å². The Labute approximate surface area is 105 Å². The van der Waals surface area contributed by atoms with Crippen molar-refractivity contribution in [2.75, 3.05) is 5.32 Å². The highest BCUT2D eigenvalue weighted by atomic mass is 16.4. The number of rotatable bonds is 4. The Hall–Kier alpha value is -2.36. The SMILES string of the molecule is Cc1ccc(CNc2ccccc2C(=O)O)cn1. The Kier molecular flexibility index (Phi) is 3.57. The van der Waals surface area contributed by atoms with Crippen LogP contribution in [0.5, 0.6) is 0 Å². The van der Waals surface area contributed by atoms with Crippen LogP contribution in [0.4, 0.5) is 5.69 Å². The average molecular weight is 242 g/mol. The van der Waals surface area contributed by atoms with E-state index in [1.807, 2.05) is 25.1 Å². The minimum absolute atomic E-state index is 0.276. The van der Waals surface area contributed by atoms with Gasteiger partial charge in [0, 0.05) is 24.1 Å². The number of pyridine rings is 1. The van der Waals surface area contributed by atoms with Gasteiger partial charge in [-0.25, -0.2) is 4.79 Å². The maximum absolute atomic E-state index is 11.0. The molecule has 0 atom stereocenters. The van der Waals surface area contributed by atoms with Crippen molar-refractivity contribution >= 4 is 11.7 Å². The Morgan fingerprint density at radius 1 is 1.28 bits per heavy atom. The standard InChI is InChI=1S/C14H14N2O2/c1-10-6-7-11(8-15-10)9-16-13-5-3-2-4-12(13)14(17)18/h2-8,16H,9H2,1H3,(H,17,18). The number of carboxylic acid groups (broad SMARTS) is 1. The van der Waals surface area contributed by atoms with Crippen LogP contribution in [0.15, 0.2) is 42.6 Å². The van der Waals surface area contributed by atoms with Crippen molar-refractivity contribution in [3.05, 3.63) is 59.4 Å². The summed E-state index contributed by atoms with van der Waals surface area (Å²) in [6.07, 6.45) is 1.78. The molecule has 4 nitrogen and oxygen atoms in total. The van der Waals surface area contributed by atoms with Crippen molar-refractivity contribution in [1.29, 1.82) is 0 Å². The average Bonchev–Trinajstić information content (AvgIpc) is 2.38. The molecular formula is C14H14N2O2. The van der Waals surface area contributed by atoms with E-state index in [4.69, 9.17) is 5.11 Å². The van der Waals surface area contributed by atoms with Gasteiger partial charge in [-0.3, -0.25) is 4.98 Å². The molecule has 0 radical (unpaired) electrons. The van der Waals surface area contributed by atoms with Gasteiger partial charge in [-0.2, -0.15) is 0 Å². The zero-order valence-corrected chi connectivity index (χ0v) is 10.1. The van der Waals surface area contributed by atoms with Crippen molar-refractivity contribution in [3.8, 4) is 0 Å². The van der Waals surface area contributed by atoms with E-state index >= 15 is 0 Å². The highest BCUT2D eigenvalue weighted by Gasteiger charge is 2.08. The number of anilines is 1. The number of aromatic nitrogens is 1. The molecule has 0 aliphatic heterocycles. The second-order valence-corrected chi connectivity index (χ2v) is 4.01. The van der Waals surface area contributed by atoms with Gasteiger partial charge in [0.25, 0.3) is 0 Å². The van der Waals surface area contributed by atoms with Crippen LogP contribution in [0.1, 0.15) is 21.6 Å². The molecule has 0 saturated heterocycles. The summed E-state index contributed by atoms with van der Waals surface area (Å²) in [7, 11) is 0. The molecular weight excluding hydrogens is 228 g/mol. The Bertz CT molecular complexity index is 550. The van der Waals surface area contributed by atoms with Crippen LogP contribution in [0, 0.1) is 6.92 Å². The lowest BCUT2D eigenvalue weighted by molar-refractivity contribution is 0.0698. The fraction of sp³-hybridized carbons (Fsp3) is 0.143. The first-order valence-electron chi connectivity index (χ1n) is 5.64. The summed E-state index contributed by atoms with van der Waals surface area (Å²) in [6.45, 7) is 2.48. The number of nitrogens with zero attached hydrogens (tertiary/aromatic N) is 1. The minimum Gasteiger partial charge on any atom is -0.478 e. The van der Waals surface area contributed by atoms with E-state index in [1.54, 1.807) is 24.4 Å². The molecule has 0 aliphatic rings. The van der Waals surface area contributed by atoms with Crippen molar-refractivity contribution in [3.63, 3.8) is 0 Å². The van der Waals surface area contributed by atoms with E-state index in [9.17, 15) is 4.79 Å². The van der Waals surface area contributed by atoms with Crippen molar-refractivity contribution < 1.29 is 9.90 Å². The van der Waals surface area contributed by atoms with Gasteiger partial charge in [-0.15, -0.1) is 0 Å². The molecule has 0 bridgehead atoms. The molecule has 1 aromatic carbocycles. The zero-order valence-electron chi connectivity index (χ0n) is 10.1. The topological polar surface area (TPSA) is 62.2 Å². The van der Waals surface area contributed by atoms with E-state index in [2.05, 4.69) is 10.3 Å². The van der Waals surface area contributed by atoms with Crippen LogP contribution in [0.25, 0.3) is 0 Å². The lowest BCUT2D eigenvalue weighted by atomic mass is 10.1. The van der Waals surface area contributed by atoms with Crippen LogP contribution in [0.3, 0.4) is 0 Å². The second kappa shape index (κ2) is 5.31. The van der Waals surface area contributed by atoms with E-state index in [0.29, 0.717) is 12.2 Å². The minimum atomic E-state index is -0.930. The number of hydrogen-bond donors (Lipinski definition) is 2. The molecule has 0 unspecified atom stereocenters. The summed E-state index contributed by atoms with van der Waals surface area (Å²) < 4.78 is 0. The third kappa shape index (κ3) is 2.85. The highest BCUT2D eigenvalue weighted by Crippen LogP contribution is 2.15. The van der Waals surface area contributed by atoms with Crippen LogP contribution < -0.4 is 5.32 Å². The molecule has 1 heterocycles. The van der Waals surface area contributed by atoms with E-state index in [0.717, 1.165) is 11.3 Å². The first-order valence-corrected chi connectivity index (χ1v) is 5.64. The van der Waals surface area contributed by atoms with Gasteiger partial charge in [0.2, 0.25) is 0 Å². The normalized spacial score (nSPS) is 10.1. The van der Waals surface area contributed by atoms with Gasteiger partial charge in [-0.1, -0.05) is 18.2 Å². The maximum Gasteiger partial charge on any atom is 0.337 e. The van der Waals surface area contributed by atoms with Crippen molar-refractivity contribution in [2.24, 2.45) is 0 Å². The quantitative estimate of drug-likeness (QED) is 0.865. The van der Waals surface area contributed by atoms with Crippen molar-refractivity contribution in [1.82, 2.24) is 4.98 Å². The lowest BCUT2D eigenvalue weighted by Crippen LogP contribution is -2.06. The fourth-order valence-electron chi connectivity index (χ4n) is 1.62. The molecule has 0 fully saturated rings. The number of para-hydroxylation sites is 1. The van der Waals surface area contributed by atoms with Crippen molar-refractivity contribution in [2.45, 2.75) is 13.5 Å². The number of carboxylic acids is 1. The molecule has 0 aliphatic carbocycles.